The zero-order valence-corrected chi connectivity index (χ0v) is 12.6. The third-order valence-electron chi connectivity index (χ3n) is 3.06. The number of amides is 1. The normalized spacial score (nSPS) is 12.1. The summed E-state index contributed by atoms with van der Waals surface area (Å²) in [6, 6.07) is 10.1. The summed E-state index contributed by atoms with van der Waals surface area (Å²) in [5, 5.41) is 12.5. The molecule has 0 unspecified atom stereocenters. The van der Waals surface area contributed by atoms with Crippen LogP contribution in [0.4, 0.5) is 5.13 Å². The van der Waals surface area contributed by atoms with E-state index in [-0.39, 0.29) is 11.8 Å². The van der Waals surface area contributed by atoms with Crippen molar-refractivity contribution < 1.29 is 4.79 Å². The van der Waals surface area contributed by atoms with Gasteiger partial charge in [0.2, 0.25) is 11.0 Å². The van der Waals surface area contributed by atoms with E-state index in [9.17, 15) is 4.79 Å². The lowest BCUT2D eigenvalue weighted by atomic mass is 10.1. The van der Waals surface area contributed by atoms with E-state index in [1.54, 1.807) is 0 Å². The van der Waals surface area contributed by atoms with Gasteiger partial charge in [0, 0.05) is 12.3 Å². The molecule has 2 aromatic rings. The van der Waals surface area contributed by atoms with Gasteiger partial charge in [0.25, 0.3) is 0 Å². The van der Waals surface area contributed by atoms with Gasteiger partial charge in [0.15, 0.2) is 0 Å². The quantitative estimate of drug-likeness (QED) is 0.885. The lowest BCUT2D eigenvalue weighted by Crippen LogP contribution is -2.20. The summed E-state index contributed by atoms with van der Waals surface area (Å²) in [5.41, 5.74) is 1.20. The minimum Gasteiger partial charge on any atom is -0.300 e. The van der Waals surface area contributed by atoms with Crippen molar-refractivity contribution in [3.05, 3.63) is 40.9 Å². The molecule has 0 aliphatic carbocycles. The van der Waals surface area contributed by atoms with Gasteiger partial charge in [-0.05, 0) is 12.0 Å². The third-order valence-corrected chi connectivity index (χ3v) is 3.90. The van der Waals surface area contributed by atoms with Gasteiger partial charge in [0.05, 0.1) is 0 Å². The molecule has 0 spiro atoms. The minimum atomic E-state index is 0.0153. The first-order chi connectivity index (χ1) is 9.69. The molecule has 106 valence electrons. The Kier molecular flexibility index (Phi) is 5.24. The molecule has 4 nitrogen and oxygen atoms in total. The summed E-state index contributed by atoms with van der Waals surface area (Å²) in [6.45, 7) is 4.01. The Hall–Kier alpha value is -1.75. The molecule has 0 saturated carbocycles. The van der Waals surface area contributed by atoms with Crippen molar-refractivity contribution in [1.82, 2.24) is 10.2 Å². The fraction of sp³-hybridized carbons (Fsp3) is 0.400. The Morgan fingerprint density at radius 2 is 2.05 bits per heavy atom. The van der Waals surface area contributed by atoms with Crippen LogP contribution in [0.2, 0.25) is 0 Å². The summed E-state index contributed by atoms with van der Waals surface area (Å²) in [7, 11) is 0. The first-order valence-electron chi connectivity index (χ1n) is 6.86. The Labute approximate surface area is 123 Å². The Morgan fingerprint density at radius 3 is 2.75 bits per heavy atom. The molecule has 0 bridgehead atoms. The molecule has 0 aliphatic heterocycles. The van der Waals surface area contributed by atoms with Crippen molar-refractivity contribution in [2.75, 3.05) is 5.32 Å². The van der Waals surface area contributed by atoms with Crippen molar-refractivity contribution in [3.8, 4) is 0 Å². The van der Waals surface area contributed by atoms with Crippen LogP contribution in [0.25, 0.3) is 0 Å². The average Bonchev–Trinajstić information content (AvgIpc) is 2.87. The predicted octanol–water partition coefficient (Wildman–Crippen LogP) is 3.50. The molecule has 5 heteroatoms. The van der Waals surface area contributed by atoms with Crippen LogP contribution >= 0.6 is 11.3 Å². The molecule has 0 fully saturated rings. The molecule has 20 heavy (non-hydrogen) atoms. The number of nitrogens with one attached hydrogen (secondary N) is 1. The molecular weight excluding hydrogens is 270 g/mol. The number of rotatable bonds is 6. The number of aromatic nitrogens is 2. The molecule has 1 amide bonds. The fourth-order valence-electron chi connectivity index (χ4n) is 1.94. The Bertz CT molecular complexity index is 553. The second-order valence-corrected chi connectivity index (χ2v) is 5.90. The van der Waals surface area contributed by atoms with Gasteiger partial charge in [-0.1, -0.05) is 61.9 Å². The molecule has 1 aromatic carbocycles. The molecule has 1 heterocycles. The van der Waals surface area contributed by atoms with Gasteiger partial charge in [-0.25, -0.2) is 0 Å². The van der Waals surface area contributed by atoms with Crippen LogP contribution in [0.15, 0.2) is 30.3 Å². The maximum absolute atomic E-state index is 11.9. The zero-order valence-electron chi connectivity index (χ0n) is 11.8. The van der Waals surface area contributed by atoms with Gasteiger partial charge in [0.1, 0.15) is 5.01 Å². The molecule has 1 N–H and O–H groups in total. The highest BCUT2D eigenvalue weighted by molar-refractivity contribution is 7.15. The number of benzene rings is 1. The van der Waals surface area contributed by atoms with Crippen LogP contribution in [0.5, 0.6) is 0 Å². The predicted molar refractivity (Wildman–Crippen MR) is 81.9 cm³/mol. The van der Waals surface area contributed by atoms with Gasteiger partial charge < -0.3 is 5.32 Å². The number of carbonyl (C=O) groups is 1. The van der Waals surface area contributed by atoms with Crippen molar-refractivity contribution in [3.63, 3.8) is 0 Å². The molecule has 0 saturated heterocycles. The maximum Gasteiger partial charge on any atom is 0.229 e. The van der Waals surface area contributed by atoms with Gasteiger partial charge in [-0.2, -0.15) is 0 Å². The lowest BCUT2D eigenvalue weighted by molar-refractivity contribution is -0.119. The summed E-state index contributed by atoms with van der Waals surface area (Å²) in [5.74, 6) is 0.0377. The van der Waals surface area contributed by atoms with Crippen molar-refractivity contribution in [2.45, 2.75) is 33.1 Å². The van der Waals surface area contributed by atoms with Crippen LogP contribution in [0.3, 0.4) is 0 Å². The lowest BCUT2D eigenvalue weighted by Gasteiger charge is -2.07. The summed E-state index contributed by atoms with van der Waals surface area (Å²) in [6.07, 6.45) is 2.64. The van der Waals surface area contributed by atoms with Gasteiger partial charge in [-0.3, -0.25) is 4.79 Å². The summed E-state index contributed by atoms with van der Waals surface area (Å²) < 4.78 is 0. The molecule has 1 aromatic heterocycles. The maximum atomic E-state index is 11.9. The number of carbonyl (C=O) groups excluding carboxylic acids is 1. The molecule has 0 aliphatic rings. The van der Waals surface area contributed by atoms with Crippen molar-refractivity contribution in [1.29, 1.82) is 0 Å². The molecule has 0 radical (unpaired) electrons. The van der Waals surface area contributed by atoms with Crippen molar-refractivity contribution >= 4 is 22.4 Å². The average molecular weight is 289 g/mol. The van der Waals surface area contributed by atoms with Crippen LogP contribution in [0.1, 0.15) is 37.3 Å². The Balaban J connectivity index is 1.94. The number of hydrogen-bond donors (Lipinski definition) is 1. The SMILES string of the molecule is CCC[C@H](C)C(=O)Nc1nnc(Cc2ccccc2)s1. The molecule has 1 atom stereocenters. The largest absolute Gasteiger partial charge is 0.300 e. The van der Waals surface area contributed by atoms with E-state index in [0.29, 0.717) is 5.13 Å². The Morgan fingerprint density at radius 1 is 1.30 bits per heavy atom. The van der Waals surface area contributed by atoms with Crippen LogP contribution in [-0.4, -0.2) is 16.1 Å². The van der Waals surface area contributed by atoms with E-state index in [4.69, 9.17) is 0 Å². The number of hydrogen-bond acceptors (Lipinski definition) is 4. The standard InChI is InChI=1S/C15H19N3OS/c1-3-7-11(2)14(19)16-15-18-17-13(20-15)10-12-8-5-4-6-9-12/h4-6,8-9,11H,3,7,10H2,1-2H3,(H,16,18,19)/t11-/m0/s1. The third kappa shape index (κ3) is 4.13. The molecular formula is C15H19N3OS. The van der Waals surface area contributed by atoms with Crippen LogP contribution in [-0.2, 0) is 11.2 Å². The topological polar surface area (TPSA) is 54.9 Å². The number of nitrogens with zero attached hydrogens (tertiary/aromatic N) is 2. The second kappa shape index (κ2) is 7.14. The van der Waals surface area contributed by atoms with E-state index in [2.05, 4.69) is 34.6 Å². The van der Waals surface area contributed by atoms with E-state index in [1.165, 1.54) is 16.9 Å². The van der Waals surface area contributed by atoms with Crippen LogP contribution < -0.4 is 5.32 Å². The fourth-order valence-corrected chi connectivity index (χ4v) is 2.72. The highest BCUT2D eigenvalue weighted by Crippen LogP contribution is 2.19. The smallest absolute Gasteiger partial charge is 0.229 e. The van der Waals surface area contributed by atoms with Gasteiger partial charge >= 0.3 is 0 Å². The highest BCUT2D eigenvalue weighted by Gasteiger charge is 2.14. The zero-order chi connectivity index (χ0) is 14.4. The monoisotopic (exact) mass is 289 g/mol. The molecule has 2 rings (SSSR count). The highest BCUT2D eigenvalue weighted by atomic mass is 32.1. The van der Waals surface area contributed by atoms with Gasteiger partial charge in [-0.15, -0.1) is 10.2 Å². The van der Waals surface area contributed by atoms with E-state index in [1.807, 2.05) is 25.1 Å². The first kappa shape index (κ1) is 14.7. The van der Waals surface area contributed by atoms with E-state index >= 15 is 0 Å². The number of anilines is 1. The van der Waals surface area contributed by atoms with Crippen LogP contribution in [0, 0.1) is 5.92 Å². The first-order valence-corrected chi connectivity index (χ1v) is 7.68. The van der Waals surface area contributed by atoms with E-state index in [0.717, 1.165) is 24.3 Å². The summed E-state index contributed by atoms with van der Waals surface area (Å²) in [4.78, 5) is 11.9. The van der Waals surface area contributed by atoms with Crippen molar-refractivity contribution in [2.24, 2.45) is 5.92 Å². The second-order valence-electron chi connectivity index (χ2n) is 4.84. The summed E-state index contributed by atoms with van der Waals surface area (Å²) >= 11 is 1.44. The van der Waals surface area contributed by atoms with E-state index < -0.39 is 0 Å². The minimum absolute atomic E-state index is 0.0153.